The number of nitrogens with one attached hydrogen (secondary N) is 2. The Morgan fingerprint density at radius 1 is 0.974 bits per heavy atom. The zero-order chi connectivity index (χ0) is 27.4. The van der Waals surface area contributed by atoms with E-state index in [2.05, 4.69) is 15.6 Å². The third-order valence-corrected chi connectivity index (χ3v) is 8.47. The molecule has 1 aromatic carbocycles. The second kappa shape index (κ2) is 12.2. The summed E-state index contributed by atoms with van der Waals surface area (Å²) in [6.45, 7) is 0.294. The van der Waals surface area contributed by atoms with Gasteiger partial charge in [0.05, 0.1) is 12.6 Å². The number of fused-ring (bicyclic) bond motifs is 1. The molecule has 39 heavy (non-hydrogen) atoms. The average molecular weight is 538 g/mol. The molecular formula is C29H39N5O5. The molecule has 1 heterocycles. The number of para-hydroxylation sites is 2. The minimum Gasteiger partial charge on any atom is -0.424 e. The van der Waals surface area contributed by atoms with Gasteiger partial charge in [-0.15, -0.1) is 0 Å². The Kier molecular flexibility index (Phi) is 8.47. The van der Waals surface area contributed by atoms with Gasteiger partial charge in [-0.1, -0.05) is 50.7 Å². The third kappa shape index (κ3) is 6.96. The molecule has 5 rings (SSSR count). The van der Waals surface area contributed by atoms with Crippen LogP contribution in [0.3, 0.4) is 0 Å². The minimum atomic E-state index is -1.05. The first-order valence-corrected chi connectivity index (χ1v) is 14.4. The highest BCUT2D eigenvalue weighted by molar-refractivity contribution is 6.37. The van der Waals surface area contributed by atoms with E-state index >= 15 is 0 Å². The number of hydrogen-bond donors (Lipinski definition) is 3. The van der Waals surface area contributed by atoms with E-state index in [0.717, 1.165) is 64.2 Å². The zero-order valence-electron chi connectivity index (χ0n) is 22.4. The number of Topliss-reactive ketones (excluding diaryl/α,β-unsaturated/α-hetero) is 1. The van der Waals surface area contributed by atoms with Crippen LogP contribution in [0.4, 0.5) is 6.01 Å². The number of oxazole rings is 1. The molecule has 4 N–H and O–H groups in total. The molecule has 3 aliphatic carbocycles. The van der Waals surface area contributed by atoms with Gasteiger partial charge in [0.2, 0.25) is 17.6 Å². The topological polar surface area (TPSA) is 148 Å². The minimum absolute atomic E-state index is 0.0915. The molecule has 0 saturated heterocycles. The van der Waals surface area contributed by atoms with Crippen molar-refractivity contribution in [3.63, 3.8) is 0 Å². The number of ketones is 1. The van der Waals surface area contributed by atoms with E-state index in [1.54, 1.807) is 4.90 Å². The fourth-order valence-corrected chi connectivity index (χ4v) is 5.84. The molecule has 210 valence electrons. The predicted octanol–water partition coefficient (Wildman–Crippen LogP) is 3.16. The van der Waals surface area contributed by atoms with Crippen LogP contribution in [0.25, 0.3) is 11.1 Å². The highest BCUT2D eigenvalue weighted by Crippen LogP contribution is 2.33. The number of nitrogens with two attached hydrogens (primary N) is 1. The lowest BCUT2D eigenvalue weighted by Crippen LogP contribution is -2.54. The number of primary amides is 1. The summed E-state index contributed by atoms with van der Waals surface area (Å²) in [5, 5.41) is 6.01. The summed E-state index contributed by atoms with van der Waals surface area (Å²) in [6.07, 6.45) is 10.5. The van der Waals surface area contributed by atoms with Crippen molar-refractivity contribution in [2.45, 2.75) is 82.7 Å². The highest BCUT2D eigenvalue weighted by atomic mass is 16.4. The summed E-state index contributed by atoms with van der Waals surface area (Å²) in [5.74, 6) is -1.71. The maximum atomic E-state index is 14.1. The van der Waals surface area contributed by atoms with Crippen LogP contribution in [-0.4, -0.2) is 58.6 Å². The second-order valence-electron chi connectivity index (χ2n) is 11.6. The lowest BCUT2D eigenvalue weighted by atomic mass is 9.80. The summed E-state index contributed by atoms with van der Waals surface area (Å²) in [7, 11) is 0. The highest BCUT2D eigenvalue weighted by Gasteiger charge is 2.38. The Morgan fingerprint density at radius 3 is 2.36 bits per heavy atom. The molecule has 10 heteroatoms. The Bertz CT molecular complexity index is 1160. The Morgan fingerprint density at radius 2 is 1.72 bits per heavy atom. The summed E-state index contributed by atoms with van der Waals surface area (Å²) < 4.78 is 5.89. The first kappa shape index (κ1) is 27.1. The standard InChI is InChI=1S/C29H39N5O5/c30-27(37)26(36)22(15-18-7-6-8-18)31-24(35)17-34(16-19-13-14-19)28(38)25(20-9-2-1-3-10-20)33-29-32-21-11-4-5-12-23(21)39-29/h4-5,11-12,18-20,22,25H,1-3,6-10,13-17H2,(H2,30,37)(H,31,35)(H,32,33)/t22?,25-/m0/s1. The van der Waals surface area contributed by atoms with Gasteiger partial charge < -0.3 is 25.7 Å². The summed E-state index contributed by atoms with van der Waals surface area (Å²) in [6, 6.07) is 6.21. The molecule has 1 aromatic heterocycles. The summed E-state index contributed by atoms with van der Waals surface area (Å²) in [5.41, 5.74) is 6.62. The van der Waals surface area contributed by atoms with Gasteiger partial charge in [0.1, 0.15) is 11.6 Å². The van der Waals surface area contributed by atoms with Crippen LogP contribution in [-0.2, 0) is 19.2 Å². The summed E-state index contributed by atoms with van der Waals surface area (Å²) in [4.78, 5) is 57.5. The number of hydrogen-bond acceptors (Lipinski definition) is 7. The number of anilines is 1. The number of nitrogens with zero attached hydrogens (tertiary/aromatic N) is 2. The molecule has 1 unspecified atom stereocenters. The van der Waals surface area contributed by atoms with Crippen molar-refractivity contribution in [1.82, 2.24) is 15.2 Å². The van der Waals surface area contributed by atoms with Gasteiger partial charge in [-0.2, -0.15) is 4.98 Å². The van der Waals surface area contributed by atoms with Gasteiger partial charge in [-0.05, 0) is 62.0 Å². The molecule has 0 bridgehead atoms. The molecule has 2 atom stereocenters. The molecule has 3 aliphatic rings. The van der Waals surface area contributed by atoms with Crippen LogP contribution in [0.1, 0.15) is 70.6 Å². The molecule has 0 spiro atoms. The van der Waals surface area contributed by atoms with Crippen LogP contribution < -0.4 is 16.4 Å². The lowest BCUT2D eigenvalue weighted by Gasteiger charge is -2.34. The molecule has 3 saturated carbocycles. The van der Waals surface area contributed by atoms with Crippen molar-refractivity contribution in [3.05, 3.63) is 24.3 Å². The van der Waals surface area contributed by atoms with Crippen molar-refractivity contribution in [2.24, 2.45) is 23.5 Å². The predicted molar refractivity (Wildman–Crippen MR) is 145 cm³/mol. The van der Waals surface area contributed by atoms with Crippen molar-refractivity contribution in [3.8, 4) is 0 Å². The monoisotopic (exact) mass is 537 g/mol. The second-order valence-corrected chi connectivity index (χ2v) is 11.6. The molecular weight excluding hydrogens is 498 g/mol. The van der Waals surface area contributed by atoms with Crippen LogP contribution >= 0.6 is 0 Å². The van der Waals surface area contributed by atoms with E-state index in [1.807, 2.05) is 24.3 Å². The van der Waals surface area contributed by atoms with E-state index in [0.29, 0.717) is 41.9 Å². The maximum Gasteiger partial charge on any atom is 0.296 e. The number of carbonyl (C=O) groups excluding carboxylic acids is 4. The number of benzene rings is 1. The molecule has 3 amide bonds. The first-order chi connectivity index (χ1) is 18.9. The van der Waals surface area contributed by atoms with Gasteiger partial charge in [0, 0.05) is 6.54 Å². The Labute approximate surface area is 228 Å². The van der Waals surface area contributed by atoms with Gasteiger partial charge in [-0.25, -0.2) is 0 Å². The maximum absolute atomic E-state index is 14.1. The van der Waals surface area contributed by atoms with Crippen LogP contribution in [0, 0.1) is 17.8 Å². The quantitative estimate of drug-likeness (QED) is 0.333. The van der Waals surface area contributed by atoms with E-state index in [-0.39, 0.29) is 18.4 Å². The average Bonchev–Trinajstić information content (AvgIpc) is 3.63. The largest absolute Gasteiger partial charge is 0.424 e. The fourth-order valence-electron chi connectivity index (χ4n) is 5.84. The van der Waals surface area contributed by atoms with Crippen LogP contribution in [0.2, 0.25) is 0 Å². The van der Waals surface area contributed by atoms with Gasteiger partial charge in [-0.3, -0.25) is 19.2 Å². The van der Waals surface area contributed by atoms with Gasteiger partial charge in [0.15, 0.2) is 5.58 Å². The first-order valence-electron chi connectivity index (χ1n) is 14.4. The van der Waals surface area contributed by atoms with Crippen molar-refractivity contribution >= 4 is 40.6 Å². The van der Waals surface area contributed by atoms with Crippen molar-refractivity contribution < 1.29 is 23.6 Å². The smallest absolute Gasteiger partial charge is 0.296 e. The Hall–Kier alpha value is -3.43. The summed E-state index contributed by atoms with van der Waals surface area (Å²) >= 11 is 0. The number of amides is 3. The number of rotatable bonds is 13. The van der Waals surface area contributed by atoms with Crippen molar-refractivity contribution in [2.75, 3.05) is 18.4 Å². The SMILES string of the molecule is NC(=O)C(=O)C(CC1CCC1)NC(=O)CN(CC1CC1)C(=O)[C@@H](Nc1nc2ccccc2o1)C1CCCCC1. The zero-order valence-corrected chi connectivity index (χ0v) is 22.4. The molecule has 10 nitrogen and oxygen atoms in total. The van der Waals surface area contributed by atoms with Crippen LogP contribution in [0.5, 0.6) is 0 Å². The van der Waals surface area contributed by atoms with Gasteiger partial charge in [0.25, 0.3) is 11.9 Å². The normalized spacial score (nSPS) is 19.6. The van der Waals surface area contributed by atoms with E-state index in [1.165, 1.54) is 0 Å². The van der Waals surface area contributed by atoms with E-state index in [9.17, 15) is 19.2 Å². The molecule has 0 radical (unpaired) electrons. The fraction of sp³-hybridized carbons (Fsp3) is 0.621. The van der Waals surface area contributed by atoms with Gasteiger partial charge >= 0.3 is 0 Å². The lowest BCUT2D eigenvalue weighted by molar-refractivity contribution is -0.141. The van der Waals surface area contributed by atoms with Crippen LogP contribution in [0.15, 0.2) is 28.7 Å². The molecule has 3 fully saturated rings. The van der Waals surface area contributed by atoms with E-state index < -0.39 is 29.7 Å². The molecule has 2 aromatic rings. The number of carbonyl (C=O) groups is 4. The molecule has 0 aliphatic heterocycles. The number of aromatic nitrogens is 1. The Balaban J connectivity index is 1.32. The third-order valence-electron chi connectivity index (χ3n) is 8.47. The van der Waals surface area contributed by atoms with Crippen molar-refractivity contribution in [1.29, 1.82) is 0 Å². The van der Waals surface area contributed by atoms with E-state index in [4.69, 9.17) is 10.2 Å².